The lowest BCUT2D eigenvalue weighted by molar-refractivity contribution is -0.120. The maximum absolute atomic E-state index is 11.6. The number of fused-ring (bicyclic) bond motifs is 3. The standard InChI is InChI=1S/C12H12N2O/c1-7-3-2-4-8-9-5-6-13-12(15)11(9)14-10(7)8/h2-5,11,14H,6H2,1H3,(H,13,15). The quantitative estimate of drug-likeness (QED) is 0.662. The second-order valence-electron chi connectivity index (χ2n) is 3.98. The largest absolute Gasteiger partial charge is 0.369 e. The van der Waals surface area contributed by atoms with Gasteiger partial charge < -0.3 is 10.6 Å². The summed E-state index contributed by atoms with van der Waals surface area (Å²) in [7, 11) is 0. The van der Waals surface area contributed by atoms with Crippen molar-refractivity contribution in [3.63, 3.8) is 0 Å². The third-order valence-corrected chi connectivity index (χ3v) is 3.04. The highest BCUT2D eigenvalue weighted by Gasteiger charge is 2.33. The Kier molecular flexibility index (Phi) is 1.63. The van der Waals surface area contributed by atoms with Crippen LogP contribution in [0.15, 0.2) is 24.3 Å². The summed E-state index contributed by atoms with van der Waals surface area (Å²) in [6.07, 6.45) is 2.09. The van der Waals surface area contributed by atoms with Crippen LogP contribution in [0.25, 0.3) is 5.57 Å². The van der Waals surface area contributed by atoms with E-state index in [2.05, 4.69) is 35.8 Å². The lowest BCUT2D eigenvalue weighted by Crippen LogP contribution is -2.41. The number of aryl methyl sites for hydroxylation is 1. The van der Waals surface area contributed by atoms with Crippen molar-refractivity contribution in [1.29, 1.82) is 0 Å². The molecule has 3 nitrogen and oxygen atoms in total. The van der Waals surface area contributed by atoms with Gasteiger partial charge in [0.2, 0.25) is 5.91 Å². The van der Waals surface area contributed by atoms with Crippen molar-refractivity contribution >= 4 is 17.2 Å². The molecule has 0 aromatic heterocycles. The third kappa shape index (κ3) is 1.09. The van der Waals surface area contributed by atoms with Crippen LogP contribution < -0.4 is 10.6 Å². The van der Waals surface area contributed by atoms with E-state index >= 15 is 0 Å². The van der Waals surface area contributed by atoms with Gasteiger partial charge in [0.15, 0.2) is 0 Å². The number of benzene rings is 1. The van der Waals surface area contributed by atoms with Gasteiger partial charge in [0.05, 0.1) is 0 Å². The lowest BCUT2D eigenvalue weighted by Gasteiger charge is -2.17. The molecule has 2 aliphatic rings. The van der Waals surface area contributed by atoms with E-state index in [4.69, 9.17) is 0 Å². The number of hydrogen-bond acceptors (Lipinski definition) is 2. The molecule has 1 atom stereocenters. The Morgan fingerprint density at radius 1 is 1.40 bits per heavy atom. The van der Waals surface area contributed by atoms with Gasteiger partial charge in [-0.1, -0.05) is 24.3 Å². The van der Waals surface area contributed by atoms with Gasteiger partial charge in [-0.25, -0.2) is 0 Å². The van der Waals surface area contributed by atoms with Crippen LogP contribution in [0, 0.1) is 6.92 Å². The van der Waals surface area contributed by atoms with Crippen LogP contribution in [0.4, 0.5) is 5.69 Å². The van der Waals surface area contributed by atoms with Crippen LogP contribution >= 0.6 is 0 Å². The molecule has 0 saturated carbocycles. The zero-order valence-corrected chi connectivity index (χ0v) is 8.50. The maximum atomic E-state index is 11.6. The summed E-state index contributed by atoms with van der Waals surface area (Å²) in [6, 6.07) is 5.97. The van der Waals surface area contributed by atoms with Crippen molar-refractivity contribution in [3.05, 3.63) is 35.4 Å². The minimum absolute atomic E-state index is 0.0723. The third-order valence-electron chi connectivity index (χ3n) is 3.04. The summed E-state index contributed by atoms with van der Waals surface area (Å²) in [5.74, 6) is 0.0723. The number of nitrogens with one attached hydrogen (secondary N) is 2. The monoisotopic (exact) mass is 200 g/mol. The highest BCUT2D eigenvalue weighted by Crippen LogP contribution is 2.38. The molecule has 0 radical (unpaired) electrons. The number of carbonyl (C=O) groups is 1. The molecule has 3 heteroatoms. The predicted molar refractivity (Wildman–Crippen MR) is 59.6 cm³/mol. The fourth-order valence-electron chi connectivity index (χ4n) is 2.28. The minimum Gasteiger partial charge on any atom is -0.369 e. The molecule has 2 N–H and O–H groups in total. The van der Waals surface area contributed by atoms with Gasteiger partial charge in [-0.15, -0.1) is 0 Å². The van der Waals surface area contributed by atoms with E-state index in [1.807, 2.05) is 6.07 Å². The molecule has 2 heterocycles. The maximum Gasteiger partial charge on any atom is 0.247 e. The zero-order valence-electron chi connectivity index (χ0n) is 8.50. The molecule has 0 aliphatic carbocycles. The summed E-state index contributed by atoms with van der Waals surface area (Å²) < 4.78 is 0. The first-order valence-electron chi connectivity index (χ1n) is 5.11. The number of carbonyl (C=O) groups excluding carboxylic acids is 1. The zero-order chi connectivity index (χ0) is 10.4. The molecule has 76 valence electrons. The Bertz CT molecular complexity index is 477. The molecule has 0 fully saturated rings. The Balaban J connectivity index is 2.18. The van der Waals surface area contributed by atoms with Crippen LogP contribution in [-0.4, -0.2) is 18.5 Å². The minimum atomic E-state index is -0.185. The second-order valence-corrected chi connectivity index (χ2v) is 3.98. The summed E-state index contributed by atoms with van der Waals surface area (Å²) in [4.78, 5) is 11.6. The Hall–Kier alpha value is -1.77. The van der Waals surface area contributed by atoms with E-state index in [-0.39, 0.29) is 11.9 Å². The summed E-state index contributed by atoms with van der Waals surface area (Å²) in [5.41, 5.74) is 4.59. The van der Waals surface area contributed by atoms with Gasteiger partial charge in [-0.2, -0.15) is 0 Å². The predicted octanol–water partition coefficient (Wildman–Crippen LogP) is 1.30. The van der Waals surface area contributed by atoms with Crippen molar-refractivity contribution in [2.75, 3.05) is 11.9 Å². The fraction of sp³-hybridized carbons (Fsp3) is 0.250. The highest BCUT2D eigenvalue weighted by molar-refractivity contribution is 6.06. The van der Waals surface area contributed by atoms with Gasteiger partial charge in [0.1, 0.15) is 6.04 Å². The average Bonchev–Trinajstić information content (AvgIpc) is 2.60. The van der Waals surface area contributed by atoms with Gasteiger partial charge >= 0.3 is 0 Å². The van der Waals surface area contributed by atoms with Crippen LogP contribution in [0.5, 0.6) is 0 Å². The highest BCUT2D eigenvalue weighted by atomic mass is 16.2. The molecule has 3 rings (SSSR count). The van der Waals surface area contributed by atoms with Crippen molar-refractivity contribution in [2.24, 2.45) is 0 Å². The van der Waals surface area contributed by atoms with Crippen molar-refractivity contribution in [2.45, 2.75) is 13.0 Å². The second kappa shape index (κ2) is 2.86. The number of amides is 1. The number of para-hydroxylation sites is 1. The van der Waals surface area contributed by atoms with Crippen molar-refractivity contribution < 1.29 is 4.79 Å². The molecule has 1 aromatic rings. The van der Waals surface area contributed by atoms with E-state index in [0.29, 0.717) is 6.54 Å². The first-order valence-corrected chi connectivity index (χ1v) is 5.11. The van der Waals surface area contributed by atoms with Crippen LogP contribution in [0.1, 0.15) is 11.1 Å². The Morgan fingerprint density at radius 3 is 3.13 bits per heavy atom. The Labute approximate surface area is 88.2 Å². The van der Waals surface area contributed by atoms with E-state index in [1.165, 1.54) is 11.1 Å². The van der Waals surface area contributed by atoms with E-state index in [0.717, 1.165) is 11.3 Å². The summed E-state index contributed by atoms with van der Waals surface area (Å²) >= 11 is 0. The molecule has 0 spiro atoms. The van der Waals surface area contributed by atoms with Gasteiger partial charge in [-0.05, 0) is 18.1 Å². The lowest BCUT2D eigenvalue weighted by atomic mass is 9.98. The van der Waals surface area contributed by atoms with Gasteiger partial charge in [0, 0.05) is 17.8 Å². The SMILES string of the molecule is Cc1cccc2c1NC1C(=O)NCC=C21. The number of hydrogen-bond donors (Lipinski definition) is 2. The molecule has 0 saturated heterocycles. The normalized spacial score (nSPS) is 22.3. The van der Waals surface area contributed by atoms with Crippen LogP contribution in [0.2, 0.25) is 0 Å². The molecule has 2 aliphatic heterocycles. The van der Waals surface area contributed by atoms with Crippen LogP contribution in [-0.2, 0) is 4.79 Å². The number of rotatable bonds is 0. The van der Waals surface area contributed by atoms with Crippen molar-refractivity contribution in [1.82, 2.24) is 5.32 Å². The summed E-state index contributed by atoms with van der Waals surface area (Å²) in [5, 5.41) is 6.10. The first kappa shape index (κ1) is 8.53. The molecule has 1 unspecified atom stereocenters. The summed E-state index contributed by atoms with van der Waals surface area (Å²) in [6.45, 7) is 2.70. The number of anilines is 1. The van der Waals surface area contributed by atoms with Gasteiger partial charge in [0.25, 0.3) is 0 Å². The van der Waals surface area contributed by atoms with E-state index < -0.39 is 0 Å². The molecular weight excluding hydrogens is 188 g/mol. The molecular formula is C12H12N2O. The topological polar surface area (TPSA) is 41.1 Å². The first-order chi connectivity index (χ1) is 7.27. The van der Waals surface area contributed by atoms with E-state index in [9.17, 15) is 4.79 Å². The average molecular weight is 200 g/mol. The molecule has 0 bridgehead atoms. The van der Waals surface area contributed by atoms with Crippen LogP contribution in [0.3, 0.4) is 0 Å². The Morgan fingerprint density at radius 2 is 2.27 bits per heavy atom. The van der Waals surface area contributed by atoms with Crippen molar-refractivity contribution in [3.8, 4) is 0 Å². The molecule has 1 amide bonds. The van der Waals surface area contributed by atoms with Gasteiger partial charge in [-0.3, -0.25) is 4.79 Å². The smallest absolute Gasteiger partial charge is 0.247 e. The fourth-order valence-corrected chi connectivity index (χ4v) is 2.28. The van der Waals surface area contributed by atoms with E-state index in [1.54, 1.807) is 0 Å². The molecule has 15 heavy (non-hydrogen) atoms. The molecule has 1 aromatic carbocycles.